The van der Waals surface area contributed by atoms with Gasteiger partial charge in [0.1, 0.15) is 11.5 Å². The summed E-state index contributed by atoms with van der Waals surface area (Å²) < 4.78 is 15.2. The summed E-state index contributed by atoms with van der Waals surface area (Å²) in [6, 6.07) is 7.38. The predicted molar refractivity (Wildman–Crippen MR) is 86.4 cm³/mol. The minimum Gasteiger partial charge on any atom is -0.351 e. The largest absolute Gasteiger partial charge is 0.351 e. The third-order valence-corrected chi connectivity index (χ3v) is 3.47. The second-order valence-corrected chi connectivity index (χ2v) is 5.32. The fraction of sp³-hybridized carbons (Fsp3) is 0.353. The van der Waals surface area contributed by atoms with Crippen LogP contribution in [0.5, 0.6) is 0 Å². The normalized spacial score (nSPS) is 10.6. The van der Waals surface area contributed by atoms with Gasteiger partial charge in [0.25, 0.3) is 5.91 Å². The SMILES string of the molecule is CCCCCNC(=O)c1nn(-c2ccccc2F)c(C)cc1=O. The number of nitrogens with one attached hydrogen (secondary N) is 1. The van der Waals surface area contributed by atoms with E-state index < -0.39 is 17.2 Å². The Bertz CT molecular complexity index is 756. The van der Waals surface area contributed by atoms with Gasteiger partial charge in [-0.3, -0.25) is 9.59 Å². The Kier molecular flexibility index (Phi) is 5.62. The molecule has 23 heavy (non-hydrogen) atoms. The average molecular weight is 317 g/mol. The maximum atomic E-state index is 13.9. The van der Waals surface area contributed by atoms with Gasteiger partial charge < -0.3 is 5.32 Å². The lowest BCUT2D eigenvalue weighted by Gasteiger charge is -2.12. The Morgan fingerprint density at radius 3 is 2.74 bits per heavy atom. The standard InChI is InChI=1S/C17H20FN3O2/c1-3-4-7-10-19-17(23)16-15(22)11-12(2)21(20-16)14-9-6-5-8-13(14)18/h5-6,8-9,11H,3-4,7,10H2,1-2H3,(H,19,23). The van der Waals surface area contributed by atoms with Gasteiger partial charge in [0.2, 0.25) is 5.43 Å². The quantitative estimate of drug-likeness (QED) is 0.833. The molecule has 0 aliphatic carbocycles. The first-order chi connectivity index (χ1) is 11.0. The zero-order chi connectivity index (χ0) is 16.8. The van der Waals surface area contributed by atoms with E-state index in [1.54, 1.807) is 25.1 Å². The van der Waals surface area contributed by atoms with Crippen LogP contribution in [0.25, 0.3) is 5.69 Å². The van der Waals surface area contributed by atoms with Gasteiger partial charge in [-0.25, -0.2) is 9.07 Å². The average Bonchev–Trinajstić information content (AvgIpc) is 2.52. The van der Waals surface area contributed by atoms with Gasteiger partial charge in [0.05, 0.1) is 0 Å². The van der Waals surface area contributed by atoms with Crippen LogP contribution in [0.1, 0.15) is 42.4 Å². The second kappa shape index (κ2) is 7.67. The van der Waals surface area contributed by atoms with Crippen molar-refractivity contribution in [3.05, 3.63) is 57.8 Å². The molecule has 6 heteroatoms. The number of hydrogen-bond donors (Lipinski definition) is 1. The summed E-state index contributed by atoms with van der Waals surface area (Å²) in [6.45, 7) is 4.20. The number of rotatable bonds is 6. The van der Waals surface area contributed by atoms with Crippen molar-refractivity contribution in [1.29, 1.82) is 0 Å². The molecule has 2 aromatic rings. The molecule has 0 saturated carbocycles. The van der Waals surface area contributed by atoms with Crippen LogP contribution in [-0.2, 0) is 0 Å². The molecule has 0 unspecified atom stereocenters. The number of nitrogens with zero attached hydrogens (tertiary/aromatic N) is 2. The molecule has 5 nitrogen and oxygen atoms in total. The number of amides is 1. The van der Waals surface area contributed by atoms with Gasteiger partial charge in [-0.15, -0.1) is 0 Å². The summed E-state index contributed by atoms with van der Waals surface area (Å²) in [6.07, 6.45) is 2.88. The van der Waals surface area contributed by atoms with Crippen LogP contribution in [0.15, 0.2) is 35.1 Å². The molecule has 1 aromatic carbocycles. The molecule has 2 rings (SSSR count). The van der Waals surface area contributed by atoms with E-state index in [9.17, 15) is 14.0 Å². The molecule has 1 amide bonds. The first-order valence-electron chi connectivity index (χ1n) is 7.68. The molecule has 1 aromatic heterocycles. The Balaban J connectivity index is 2.32. The summed E-state index contributed by atoms with van der Waals surface area (Å²) in [4.78, 5) is 24.1. The Morgan fingerprint density at radius 2 is 2.04 bits per heavy atom. The number of halogens is 1. The van der Waals surface area contributed by atoms with Gasteiger partial charge in [-0.1, -0.05) is 31.9 Å². The highest BCUT2D eigenvalue weighted by molar-refractivity contribution is 5.92. The molecule has 0 atom stereocenters. The smallest absolute Gasteiger partial charge is 0.275 e. The zero-order valence-corrected chi connectivity index (χ0v) is 13.3. The van der Waals surface area contributed by atoms with Gasteiger partial charge in [0.15, 0.2) is 5.69 Å². The number of carbonyl (C=O) groups excluding carboxylic acids is 1. The minimum atomic E-state index is -0.531. The Labute approximate surface area is 134 Å². The molecule has 0 aliphatic heterocycles. The van der Waals surface area contributed by atoms with Gasteiger partial charge >= 0.3 is 0 Å². The topological polar surface area (TPSA) is 64.0 Å². The first kappa shape index (κ1) is 16.9. The maximum absolute atomic E-state index is 13.9. The summed E-state index contributed by atoms with van der Waals surface area (Å²) in [5, 5.41) is 6.73. The second-order valence-electron chi connectivity index (χ2n) is 5.32. The third-order valence-electron chi connectivity index (χ3n) is 3.47. The number of para-hydroxylation sites is 1. The molecule has 0 aliphatic rings. The molecule has 122 valence electrons. The first-order valence-corrected chi connectivity index (χ1v) is 7.68. The van der Waals surface area contributed by atoms with Crippen LogP contribution < -0.4 is 10.7 Å². The fourth-order valence-corrected chi connectivity index (χ4v) is 2.23. The van der Waals surface area contributed by atoms with Crippen molar-refractivity contribution in [1.82, 2.24) is 15.1 Å². The van der Waals surface area contributed by atoms with E-state index in [1.165, 1.54) is 16.8 Å². The van der Waals surface area contributed by atoms with Crippen molar-refractivity contribution < 1.29 is 9.18 Å². The highest BCUT2D eigenvalue weighted by atomic mass is 19.1. The minimum absolute atomic E-state index is 0.199. The lowest BCUT2D eigenvalue weighted by atomic mass is 10.2. The monoisotopic (exact) mass is 317 g/mol. The number of benzene rings is 1. The van der Waals surface area contributed by atoms with E-state index in [-0.39, 0.29) is 11.4 Å². The van der Waals surface area contributed by atoms with E-state index in [4.69, 9.17) is 0 Å². The number of carbonyl (C=O) groups is 1. The summed E-state index contributed by atoms with van der Waals surface area (Å²) in [5.74, 6) is -1.00. The number of aromatic nitrogens is 2. The molecule has 0 saturated heterocycles. The molecule has 0 radical (unpaired) electrons. The van der Waals surface area contributed by atoms with Crippen LogP contribution in [0.2, 0.25) is 0 Å². The molecule has 0 fully saturated rings. The van der Waals surface area contributed by atoms with Crippen LogP contribution in [0, 0.1) is 12.7 Å². The predicted octanol–water partition coefficient (Wildman–Crippen LogP) is 2.60. The van der Waals surface area contributed by atoms with Crippen LogP contribution in [0.3, 0.4) is 0 Å². The van der Waals surface area contributed by atoms with Crippen molar-refractivity contribution in [2.45, 2.75) is 33.1 Å². The lowest BCUT2D eigenvalue weighted by molar-refractivity contribution is 0.0945. The summed E-state index contributed by atoms with van der Waals surface area (Å²) >= 11 is 0. The van der Waals surface area contributed by atoms with Crippen LogP contribution in [-0.4, -0.2) is 22.2 Å². The molecular formula is C17H20FN3O2. The Hall–Kier alpha value is -2.50. The molecule has 0 bridgehead atoms. The van der Waals surface area contributed by atoms with E-state index >= 15 is 0 Å². The Morgan fingerprint density at radius 1 is 1.30 bits per heavy atom. The molecule has 1 heterocycles. The summed E-state index contributed by atoms with van der Waals surface area (Å²) in [7, 11) is 0. The van der Waals surface area contributed by atoms with Crippen molar-refractivity contribution in [2.75, 3.05) is 6.54 Å². The van der Waals surface area contributed by atoms with Crippen LogP contribution >= 0.6 is 0 Å². The highest BCUT2D eigenvalue weighted by Crippen LogP contribution is 2.13. The lowest BCUT2D eigenvalue weighted by Crippen LogP contribution is -2.32. The van der Waals surface area contributed by atoms with E-state index in [1.807, 2.05) is 0 Å². The van der Waals surface area contributed by atoms with Crippen molar-refractivity contribution in [3.8, 4) is 5.69 Å². The zero-order valence-electron chi connectivity index (χ0n) is 13.3. The van der Waals surface area contributed by atoms with E-state index in [2.05, 4.69) is 17.3 Å². The van der Waals surface area contributed by atoms with E-state index in [0.29, 0.717) is 12.2 Å². The van der Waals surface area contributed by atoms with E-state index in [0.717, 1.165) is 19.3 Å². The van der Waals surface area contributed by atoms with Gasteiger partial charge in [-0.05, 0) is 25.5 Å². The fourth-order valence-electron chi connectivity index (χ4n) is 2.23. The van der Waals surface area contributed by atoms with Crippen molar-refractivity contribution in [2.24, 2.45) is 0 Å². The van der Waals surface area contributed by atoms with Gasteiger partial charge in [-0.2, -0.15) is 5.10 Å². The number of unbranched alkanes of at least 4 members (excludes halogenated alkanes) is 2. The summed E-state index contributed by atoms with van der Waals surface area (Å²) in [5.41, 5.74) is -0.0360. The third kappa shape index (κ3) is 4.03. The maximum Gasteiger partial charge on any atom is 0.275 e. The van der Waals surface area contributed by atoms with Crippen LogP contribution in [0.4, 0.5) is 4.39 Å². The molecular weight excluding hydrogens is 297 g/mol. The molecule has 1 N–H and O–H groups in total. The molecule has 0 spiro atoms. The number of hydrogen-bond acceptors (Lipinski definition) is 3. The van der Waals surface area contributed by atoms with Crippen molar-refractivity contribution in [3.63, 3.8) is 0 Å². The van der Waals surface area contributed by atoms with Crippen molar-refractivity contribution >= 4 is 5.91 Å². The van der Waals surface area contributed by atoms with Gasteiger partial charge in [0, 0.05) is 18.3 Å². The highest BCUT2D eigenvalue weighted by Gasteiger charge is 2.16. The number of aryl methyl sites for hydroxylation is 1.